The second-order valence-corrected chi connectivity index (χ2v) is 8.49. The highest BCUT2D eigenvalue weighted by Gasteiger charge is 2.52. The Kier molecular flexibility index (Phi) is 3.53. The number of piperidine rings is 3. The Morgan fingerprint density at radius 1 is 1.23 bits per heavy atom. The monoisotopic (exact) mass is 381 g/mol. The predicted octanol–water partition coefficient (Wildman–Crippen LogP) is 4.53. The minimum Gasteiger partial charge on any atom is -0.386 e. The Hall–Kier alpha value is -1.80. The zero-order valence-electron chi connectivity index (χ0n) is 14.0. The standard InChI is InChI=1S/C18H18F3N3OS/c19-18(20,21)15-7-11-1-2-13(8-14(11)26-15)22-16-9-17(25-23-16)10-24-5-3-12(17)4-6-24/h1-2,7-8,12H,3-6,9-10H2,(H,22,23)/t17-/m0/s1. The van der Waals surface area contributed by atoms with Crippen LogP contribution in [0.1, 0.15) is 24.1 Å². The van der Waals surface area contributed by atoms with E-state index in [1.807, 2.05) is 0 Å². The van der Waals surface area contributed by atoms with Gasteiger partial charge in [-0.15, -0.1) is 11.3 Å². The van der Waals surface area contributed by atoms with Gasteiger partial charge >= 0.3 is 6.18 Å². The van der Waals surface area contributed by atoms with Crippen LogP contribution in [-0.2, 0) is 11.0 Å². The van der Waals surface area contributed by atoms with Gasteiger partial charge in [-0.2, -0.15) is 13.2 Å². The molecule has 0 saturated carbocycles. The number of amidine groups is 1. The van der Waals surface area contributed by atoms with E-state index in [1.54, 1.807) is 18.2 Å². The van der Waals surface area contributed by atoms with E-state index >= 15 is 0 Å². The zero-order valence-corrected chi connectivity index (χ0v) is 14.8. The lowest BCUT2D eigenvalue weighted by atomic mass is 9.73. The largest absolute Gasteiger partial charge is 0.425 e. The van der Waals surface area contributed by atoms with Crippen LogP contribution >= 0.6 is 11.3 Å². The maximum absolute atomic E-state index is 12.9. The summed E-state index contributed by atoms with van der Waals surface area (Å²) in [6.07, 6.45) is -1.29. The van der Waals surface area contributed by atoms with Gasteiger partial charge in [0.2, 0.25) is 0 Å². The minimum absolute atomic E-state index is 0.227. The van der Waals surface area contributed by atoms with Gasteiger partial charge in [0.05, 0.1) is 6.42 Å². The summed E-state index contributed by atoms with van der Waals surface area (Å²) < 4.78 is 39.3. The highest BCUT2D eigenvalue weighted by molar-refractivity contribution is 7.19. The summed E-state index contributed by atoms with van der Waals surface area (Å²) in [7, 11) is 0. The molecule has 1 N–H and O–H groups in total. The maximum Gasteiger partial charge on any atom is 0.425 e. The van der Waals surface area contributed by atoms with Gasteiger partial charge in [-0.05, 0) is 49.5 Å². The van der Waals surface area contributed by atoms with Crippen molar-refractivity contribution < 1.29 is 18.0 Å². The third-order valence-corrected chi connectivity index (χ3v) is 6.86. The highest BCUT2D eigenvalue weighted by atomic mass is 32.1. The van der Waals surface area contributed by atoms with Gasteiger partial charge in [0.15, 0.2) is 11.4 Å². The molecule has 4 aliphatic rings. The summed E-state index contributed by atoms with van der Waals surface area (Å²) >= 11 is 0.765. The van der Waals surface area contributed by atoms with Gasteiger partial charge in [-0.25, -0.2) is 0 Å². The molecule has 2 aromatic rings. The Bertz CT molecular complexity index is 885. The highest BCUT2D eigenvalue weighted by Crippen LogP contribution is 2.44. The molecule has 0 unspecified atom stereocenters. The summed E-state index contributed by atoms with van der Waals surface area (Å²) in [6.45, 7) is 3.18. The molecule has 5 heterocycles. The molecule has 0 amide bonds. The van der Waals surface area contributed by atoms with Gasteiger partial charge in [0.1, 0.15) is 4.88 Å². The average molecular weight is 381 g/mol. The fourth-order valence-corrected chi connectivity index (χ4v) is 5.37. The van der Waals surface area contributed by atoms with E-state index in [-0.39, 0.29) is 5.60 Å². The number of hydrogen-bond donors (Lipinski definition) is 1. The molecule has 3 fully saturated rings. The molecule has 26 heavy (non-hydrogen) atoms. The Morgan fingerprint density at radius 2 is 2.04 bits per heavy atom. The van der Waals surface area contributed by atoms with Crippen molar-refractivity contribution in [1.82, 2.24) is 4.90 Å². The van der Waals surface area contributed by atoms with Crippen LogP contribution < -0.4 is 5.32 Å². The van der Waals surface area contributed by atoms with Crippen LogP contribution in [-0.4, -0.2) is 36.0 Å². The lowest BCUT2D eigenvalue weighted by Gasteiger charge is -2.49. The first kappa shape index (κ1) is 16.4. The number of hydrogen-bond acceptors (Lipinski definition) is 5. The van der Waals surface area contributed by atoms with Crippen molar-refractivity contribution >= 4 is 32.9 Å². The van der Waals surface area contributed by atoms with Gasteiger partial charge in [-0.3, -0.25) is 4.90 Å². The molecule has 3 saturated heterocycles. The SMILES string of the molecule is FC(F)(F)c1cc2ccc(NC3=NO[C@@]4(C3)CN3CCC4CC3)cc2s1. The summed E-state index contributed by atoms with van der Waals surface area (Å²) in [5.74, 6) is 1.29. The fourth-order valence-electron chi connectivity index (χ4n) is 4.40. The van der Waals surface area contributed by atoms with Crippen LogP contribution in [0.3, 0.4) is 0 Å². The predicted molar refractivity (Wildman–Crippen MR) is 95.5 cm³/mol. The molecule has 8 heteroatoms. The molecule has 4 aliphatic heterocycles. The fraction of sp³-hybridized carbons (Fsp3) is 0.500. The number of halogens is 3. The number of thiophene rings is 1. The van der Waals surface area contributed by atoms with Crippen LogP contribution in [0.4, 0.5) is 18.9 Å². The van der Waals surface area contributed by atoms with Crippen LogP contribution in [0.15, 0.2) is 29.4 Å². The van der Waals surface area contributed by atoms with Crippen LogP contribution in [0, 0.1) is 5.92 Å². The molecule has 4 nitrogen and oxygen atoms in total. The second-order valence-electron chi connectivity index (χ2n) is 7.41. The molecule has 0 aliphatic carbocycles. The van der Waals surface area contributed by atoms with E-state index in [0.717, 1.165) is 61.8 Å². The van der Waals surface area contributed by atoms with Crippen molar-refractivity contribution in [3.63, 3.8) is 0 Å². The number of rotatable bonds is 1. The normalized spacial score (nSPS) is 30.7. The third kappa shape index (κ3) is 2.66. The van der Waals surface area contributed by atoms with Crippen molar-refractivity contribution in [2.75, 3.05) is 25.0 Å². The van der Waals surface area contributed by atoms with E-state index in [4.69, 9.17) is 4.84 Å². The van der Waals surface area contributed by atoms with Crippen molar-refractivity contribution in [2.24, 2.45) is 11.1 Å². The zero-order chi connectivity index (χ0) is 17.9. The molecular weight excluding hydrogens is 363 g/mol. The van der Waals surface area contributed by atoms with Gasteiger partial charge in [0.25, 0.3) is 0 Å². The van der Waals surface area contributed by atoms with E-state index in [9.17, 15) is 13.2 Å². The first-order valence-electron chi connectivity index (χ1n) is 8.77. The third-order valence-electron chi connectivity index (χ3n) is 5.72. The second kappa shape index (κ2) is 5.60. The average Bonchev–Trinajstić information content (AvgIpc) is 3.20. The maximum atomic E-state index is 12.9. The summed E-state index contributed by atoms with van der Waals surface area (Å²) in [5, 5.41) is 8.10. The van der Waals surface area contributed by atoms with Crippen molar-refractivity contribution in [1.29, 1.82) is 0 Å². The van der Waals surface area contributed by atoms with Crippen LogP contribution in [0.5, 0.6) is 0 Å². The molecule has 1 atom stereocenters. The van der Waals surface area contributed by atoms with Gasteiger partial charge in [0, 0.05) is 22.8 Å². The summed E-state index contributed by atoms with van der Waals surface area (Å²) in [4.78, 5) is 7.73. The Labute approximate surface area is 152 Å². The molecule has 1 aromatic heterocycles. The molecular formula is C18H18F3N3OS. The Morgan fingerprint density at radius 3 is 2.73 bits per heavy atom. The van der Waals surface area contributed by atoms with Crippen molar-refractivity contribution in [3.05, 3.63) is 29.1 Å². The lowest BCUT2D eigenvalue weighted by Crippen LogP contribution is -2.59. The number of nitrogens with one attached hydrogen (secondary N) is 1. The molecule has 2 bridgehead atoms. The first-order chi connectivity index (χ1) is 12.4. The van der Waals surface area contributed by atoms with Gasteiger partial charge < -0.3 is 10.2 Å². The summed E-state index contributed by atoms with van der Waals surface area (Å²) in [6, 6.07) is 6.45. The molecule has 6 rings (SSSR count). The topological polar surface area (TPSA) is 36.9 Å². The molecule has 138 valence electrons. The van der Waals surface area contributed by atoms with Crippen LogP contribution in [0.2, 0.25) is 0 Å². The number of anilines is 1. The quantitative estimate of drug-likeness (QED) is 0.789. The number of fused-ring (bicyclic) bond motifs is 3. The minimum atomic E-state index is -4.30. The smallest absolute Gasteiger partial charge is 0.386 e. The van der Waals surface area contributed by atoms with E-state index in [0.29, 0.717) is 16.0 Å². The lowest BCUT2D eigenvalue weighted by molar-refractivity contribution is -0.136. The van der Waals surface area contributed by atoms with Crippen molar-refractivity contribution in [3.8, 4) is 0 Å². The van der Waals surface area contributed by atoms with E-state index < -0.39 is 11.1 Å². The number of oxime groups is 1. The number of nitrogens with zero attached hydrogens (tertiary/aromatic N) is 2. The number of benzene rings is 1. The molecule has 1 aromatic carbocycles. The molecule has 1 spiro atoms. The van der Waals surface area contributed by atoms with E-state index in [1.165, 1.54) is 6.07 Å². The van der Waals surface area contributed by atoms with Crippen LogP contribution in [0.25, 0.3) is 10.1 Å². The first-order valence-corrected chi connectivity index (χ1v) is 9.58. The number of alkyl halides is 3. The van der Waals surface area contributed by atoms with E-state index in [2.05, 4.69) is 15.4 Å². The van der Waals surface area contributed by atoms with Crippen molar-refractivity contribution in [2.45, 2.75) is 31.0 Å². The Balaban J connectivity index is 1.34. The summed E-state index contributed by atoms with van der Waals surface area (Å²) in [5.41, 5.74) is 0.517. The van der Waals surface area contributed by atoms with Gasteiger partial charge in [-0.1, -0.05) is 11.2 Å². The molecule has 0 radical (unpaired) electrons.